The topological polar surface area (TPSA) is 83.5 Å². The van der Waals surface area contributed by atoms with Gasteiger partial charge in [-0.25, -0.2) is 4.98 Å². The maximum Gasteiger partial charge on any atom is 0.307 e. The Kier molecular flexibility index (Phi) is 5.28. The van der Waals surface area contributed by atoms with Crippen LogP contribution in [0.2, 0.25) is 0 Å². The van der Waals surface area contributed by atoms with Crippen molar-refractivity contribution in [2.45, 2.75) is 18.9 Å². The number of fused-ring (bicyclic) bond motifs is 1. The van der Waals surface area contributed by atoms with E-state index >= 15 is 0 Å². The Labute approximate surface area is 140 Å². The number of hydrogen-bond donors (Lipinski definition) is 3. The summed E-state index contributed by atoms with van der Waals surface area (Å²) in [6.07, 6.45) is 2.68. The van der Waals surface area contributed by atoms with Gasteiger partial charge in [0, 0.05) is 12.7 Å². The number of carbonyl (C=O) groups is 1. The van der Waals surface area contributed by atoms with E-state index in [1.807, 2.05) is 36.4 Å². The Morgan fingerprint density at radius 1 is 1.33 bits per heavy atom. The largest absolute Gasteiger partial charge is 0.481 e. The van der Waals surface area contributed by atoms with E-state index in [0.717, 1.165) is 42.9 Å². The van der Waals surface area contributed by atoms with Crippen LogP contribution in [0.5, 0.6) is 5.88 Å². The maximum absolute atomic E-state index is 10.8. The highest BCUT2D eigenvalue weighted by molar-refractivity contribution is 5.70. The van der Waals surface area contributed by atoms with E-state index < -0.39 is 5.97 Å². The van der Waals surface area contributed by atoms with E-state index in [4.69, 9.17) is 9.84 Å². The minimum atomic E-state index is -0.805. The molecule has 1 aromatic heterocycles. The molecule has 6 heteroatoms. The number of benzene rings is 1. The summed E-state index contributed by atoms with van der Waals surface area (Å²) in [4.78, 5) is 15.0. The molecule has 126 valence electrons. The number of rotatable bonds is 7. The van der Waals surface area contributed by atoms with Crippen LogP contribution < -0.4 is 15.4 Å². The summed E-state index contributed by atoms with van der Waals surface area (Å²) >= 11 is 0. The summed E-state index contributed by atoms with van der Waals surface area (Å²) in [6.45, 7) is 2.29. The molecular formula is C18H21N3O3. The number of carboxylic acids is 1. The molecule has 3 N–H and O–H groups in total. The van der Waals surface area contributed by atoms with Gasteiger partial charge in [-0.3, -0.25) is 4.79 Å². The summed E-state index contributed by atoms with van der Waals surface area (Å²) in [6, 6.07) is 11.6. The number of nitrogens with one attached hydrogen (secondary N) is 2. The van der Waals surface area contributed by atoms with Crippen LogP contribution in [0.3, 0.4) is 0 Å². The van der Waals surface area contributed by atoms with E-state index in [2.05, 4.69) is 15.6 Å². The fourth-order valence-electron chi connectivity index (χ4n) is 2.72. The van der Waals surface area contributed by atoms with Gasteiger partial charge in [0.1, 0.15) is 6.10 Å². The van der Waals surface area contributed by atoms with Crippen LogP contribution in [0.1, 0.15) is 11.1 Å². The van der Waals surface area contributed by atoms with Gasteiger partial charge >= 0.3 is 5.97 Å². The minimum absolute atomic E-state index is 0.0470. The van der Waals surface area contributed by atoms with Crippen molar-refractivity contribution in [3.05, 3.63) is 53.7 Å². The molecule has 0 radical (unpaired) electrons. The van der Waals surface area contributed by atoms with E-state index in [0.29, 0.717) is 5.88 Å². The van der Waals surface area contributed by atoms with Crippen LogP contribution in [0.15, 0.2) is 42.6 Å². The third-order valence-electron chi connectivity index (χ3n) is 3.88. The van der Waals surface area contributed by atoms with Crippen LogP contribution in [0.25, 0.3) is 0 Å². The second-order valence-electron chi connectivity index (χ2n) is 5.82. The summed E-state index contributed by atoms with van der Waals surface area (Å²) in [7, 11) is 0. The van der Waals surface area contributed by atoms with Gasteiger partial charge in [0.05, 0.1) is 18.7 Å². The third-order valence-corrected chi connectivity index (χ3v) is 3.88. The lowest BCUT2D eigenvalue weighted by Gasteiger charge is -2.26. The molecule has 0 aliphatic carbocycles. The van der Waals surface area contributed by atoms with Crippen LogP contribution >= 0.6 is 0 Å². The molecule has 1 aromatic carbocycles. The van der Waals surface area contributed by atoms with Crippen LogP contribution in [-0.2, 0) is 17.6 Å². The molecular weight excluding hydrogens is 306 g/mol. The van der Waals surface area contributed by atoms with Gasteiger partial charge < -0.3 is 20.5 Å². The average molecular weight is 327 g/mol. The molecule has 1 atom stereocenters. The van der Waals surface area contributed by atoms with Gasteiger partial charge in [-0.05, 0) is 36.2 Å². The first-order chi connectivity index (χ1) is 11.7. The summed E-state index contributed by atoms with van der Waals surface area (Å²) in [5.74, 6) is -0.155. The zero-order valence-corrected chi connectivity index (χ0v) is 13.4. The summed E-state index contributed by atoms with van der Waals surface area (Å²) in [5.41, 5.74) is 2.91. The molecule has 1 unspecified atom stereocenters. The minimum Gasteiger partial charge on any atom is -0.481 e. The number of aromatic nitrogens is 1. The van der Waals surface area contributed by atoms with Crippen molar-refractivity contribution in [2.75, 3.05) is 25.0 Å². The van der Waals surface area contributed by atoms with E-state index in [1.165, 1.54) is 0 Å². The first kappa shape index (κ1) is 16.3. The molecule has 0 saturated carbocycles. The number of pyridine rings is 1. The van der Waals surface area contributed by atoms with Crippen molar-refractivity contribution in [2.24, 2.45) is 0 Å². The molecule has 2 aromatic rings. The van der Waals surface area contributed by atoms with Gasteiger partial charge in [0.15, 0.2) is 0 Å². The van der Waals surface area contributed by atoms with Gasteiger partial charge in [0.2, 0.25) is 5.88 Å². The molecule has 24 heavy (non-hydrogen) atoms. The van der Waals surface area contributed by atoms with Crippen molar-refractivity contribution in [3.8, 4) is 5.88 Å². The van der Waals surface area contributed by atoms with Crippen LogP contribution in [-0.4, -0.2) is 41.8 Å². The molecule has 0 spiro atoms. The smallest absolute Gasteiger partial charge is 0.307 e. The van der Waals surface area contributed by atoms with E-state index in [1.54, 1.807) is 6.20 Å². The monoisotopic (exact) mass is 327 g/mol. The fourth-order valence-corrected chi connectivity index (χ4v) is 2.72. The standard InChI is InChI=1S/C18H21N3O3/c22-17(23)10-14-4-1-3-13(9-14)6-8-19-11-15-12-21-16-5-2-7-20-18(16)24-15/h1-5,7,9,15,19,21H,6,8,10-12H2,(H,22,23). The van der Waals surface area contributed by atoms with Crippen LogP contribution in [0, 0.1) is 0 Å². The Bertz CT molecular complexity index is 705. The highest BCUT2D eigenvalue weighted by Gasteiger charge is 2.19. The molecule has 0 amide bonds. The number of carboxylic acid groups (broad SMARTS) is 1. The van der Waals surface area contributed by atoms with Crippen molar-refractivity contribution in [1.82, 2.24) is 10.3 Å². The zero-order valence-electron chi connectivity index (χ0n) is 13.4. The van der Waals surface area contributed by atoms with E-state index in [-0.39, 0.29) is 12.5 Å². The van der Waals surface area contributed by atoms with Crippen molar-refractivity contribution in [3.63, 3.8) is 0 Å². The number of hydrogen-bond acceptors (Lipinski definition) is 5. The van der Waals surface area contributed by atoms with Gasteiger partial charge in [-0.15, -0.1) is 0 Å². The molecule has 0 saturated heterocycles. The van der Waals surface area contributed by atoms with Gasteiger partial charge in [-0.1, -0.05) is 24.3 Å². The van der Waals surface area contributed by atoms with Crippen LogP contribution in [0.4, 0.5) is 5.69 Å². The Hall–Kier alpha value is -2.60. The molecule has 2 heterocycles. The Morgan fingerprint density at radius 3 is 3.08 bits per heavy atom. The predicted octanol–water partition coefficient (Wildman–Crippen LogP) is 1.71. The quantitative estimate of drug-likeness (QED) is 0.672. The molecule has 0 bridgehead atoms. The van der Waals surface area contributed by atoms with Crippen molar-refractivity contribution in [1.29, 1.82) is 0 Å². The lowest BCUT2D eigenvalue weighted by atomic mass is 10.1. The number of anilines is 1. The lowest BCUT2D eigenvalue weighted by Crippen LogP contribution is -2.40. The summed E-state index contributed by atoms with van der Waals surface area (Å²) in [5, 5.41) is 15.5. The fraction of sp³-hybridized carbons (Fsp3) is 0.333. The van der Waals surface area contributed by atoms with Gasteiger partial charge in [0.25, 0.3) is 0 Å². The lowest BCUT2D eigenvalue weighted by molar-refractivity contribution is -0.136. The number of aliphatic carboxylic acids is 1. The zero-order chi connectivity index (χ0) is 16.8. The predicted molar refractivity (Wildman–Crippen MR) is 91.5 cm³/mol. The highest BCUT2D eigenvalue weighted by atomic mass is 16.5. The maximum atomic E-state index is 10.8. The molecule has 6 nitrogen and oxygen atoms in total. The first-order valence-corrected chi connectivity index (χ1v) is 8.06. The second-order valence-corrected chi connectivity index (χ2v) is 5.82. The number of nitrogens with zero attached hydrogens (tertiary/aromatic N) is 1. The third kappa shape index (κ3) is 4.45. The van der Waals surface area contributed by atoms with E-state index in [9.17, 15) is 4.79 Å². The molecule has 3 rings (SSSR count). The normalized spacial score (nSPS) is 15.9. The first-order valence-electron chi connectivity index (χ1n) is 8.06. The van der Waals surface area contributed by atoms with Gasteiger partial charge in [-0.2, -0.15) is 0 Å². The second kappa shape index (κ2) is 7.79. The highest BCUT2D eigenvalue weighted by Crippen LogP contribution is 2.25. The molecule has 1 aliphatic rings. The Morgan fingerprint density at radius 2 is 2.21 bits per heavy atom. The van der Waals surface area contributed by atoms with Crippen molar-refractivity contribution >= 4 is 11.7 Å². The number of ether oxygens (including phenoxy) is 1. The molecule has 0 fully saturated rings. The SMILES string of the molecule is O=C(O)Cc1cccc(CCNCC2CNc3cccnc3O2)c1. The summed E-state index contributed by atoms with van der Waals surface area (Å²) < 4.78 is 5.85. The average Bonchev–Trinajstić information content (AvgIpc) is 2.58. The Balaban J connectivity index is 1.42. The molecule has 1 aliphatic heterocycles. The van der Waals surface area contributed by atoms with Crippen molar-refractivity contribution < 1.29 is 14.6 Å².